The van der Waals surface area contributed by atoms with E-state index < -0.39 is 5.25 Å². The lowest BCUT2D eigenvalue weighted by molar-refractivity contribution is -0.115. The van der Waals surface area contributed by atoms with Crippen molar-refractivity contribution in [2.75, 3.05) is 5.32 Å². The average Bonchev–Trinajstić information content (AvgIpc) is 2.63. The number of nitrogens with one attached hydrogen (secondary N) is 1. The number of carbonyl (C=O) groups excluding carboxylic acids is 1. The second kappa shape index (κ2) is 7.99. The van der Waals surface area contributed by atoms with Gasteiger partial charge in [-0.1, -0.05) is 60.1 Å². The van der Waals surface area contributed by atoms with Gasteiger partial charge in [0.25, 0.3) is 0 Å². The SMILES string of the molecule is O=C(Nc1ncccc1Cl)[C@@H](Sc1ccccc1)c1ccccc1. The third kappa shape index (κ3) is 4.16. The molecule has 0 aliphatic rings. The Hall–Kier alpha value is -2.30. The van der Waals surface area contributed by atoms with Gasteiger partial charge in [0.2, 0.25) is 5.91 Å². The van der Waals surface area contributed by atoms with E-state index in [-0.39, 0.29) is 5.91 Å². The summed E-state index contributed by atoms with van der Waals surface area (Å²) in [5, 5.41) is 2.85. The molecule has 0 unspecified atom stereocenters. The van der Waals surface area contributed by atoms with Crippen molar-refractivity contribution in [3.8, 4) is 0 Å². The fourth-order valence-corrected chi connectivity index (χ4v) is 3.41. The second-order valence-corrected chi connectivity index (χ2v) is 6.63. The van der Waals surface area contributed by atoms with Gasteiger partial charge in [-0.25, -0.2) is 4.98 Å². The molecule has 0 bridgehead atoms. The van der Waals surface area contributed by atoms with E-state index in [1.165, 1.54) is 11.8 Å². The number of benzene rings is 2. The summed E-state index contributed by atoms with van der Waals surface area (Å²) in [7, 11) is 0. The van der Waals surface area contributed by atoms with Crippen LogP contribution in [0.2, 0.25) is 5.02 Å². The van der Waals surface area contributed by atoms with Crippen LogP contribution in [0.3, 0.4) is 0 Å². The summed E-state index contributed by atoms with van der Waals surface area (Å²) in [5.41, 5.74) is 0.927. The van der Waals surface area contributed by atoms with E-state index in [2.05, 4.69) is 10.3 Å². The van der Waals surface area contributed by atoms with E-state index in [1.807, 2.05) is 60.7 Å². The van der Waals surface area contributed by atoms with Gasteiger partial charge in [-0.2, -0.15) is 0 Å². The summed E-state index contributed by atoms with van der Waals surface area (Å²) in [4.78, 5) is 18.0. The number of anilines is 1. The van der Waals surface area contributed by atoms with E-state index in [0.717, 1.165) is 10.5 Å². The van der Waals surface area contributed by atoms with Crippen LogP contribution in [0.1, 0.15) is 10.8 Å². The van der Waals surface area contributed by atoms with Crippen LogP contribution in [0.15, 0.2) is 83.9 Å². The van der Waals surface area contributed by atoms with E-state index in [9.17, 15) is 4.79 Å². The smallest absolute Gasteiger partial charge is 0.243 e. The third-order valence-electron chi connectivity index (χ3n) is 3.34. The van der Waals surface area contributed by atoms with Crippen LogP contribution in [0.5, 0.6) is 0 Å². The summed E-state index contributed by atoms with van der Waals surface area (Å²) in [6.07, 6.45) is 1.60. The largest absolute Gasteiger partial charge is 0.308 e. The van der Waals surface area contributed by atoms with E-state index in [4.69, 9.17) is 11.6 Å². The molecule has 0 saturated carbocycles. The van der Waals surface area contributed by atoms with Crippen LogP contribution in [0.4, 0.5) is 5.82 Å². The van der Waals surface area contributed by atoms with Crippen molar-refractivity contribution in [3.63, 3.8) is 0 Å². The van der Waals surface area contributed by atoms with Gasteiger partial charge in [0.1, 0.15) is 5.25 Å². The normalized spacial score (nSPS) is 11.7. The molecule has 2 aromatic carbocycles. The van der Waals surface area contributed by atoms with Gasteiger partial charge in [-0.05, 0) is 29.8 Å². The Bertz CT molecular complexity index is 812. The first kappa shape index (κ1) is 16.6. The number of hydrogen-bond donors (Lipinski definition) is 1. The number of carbonyl (C=O) groups is 1. The molecule has 0 aliphatic heterocycles. The quantitative estimate of drug-likeness (QED) is 0.640. The number of rotatable bonds is 5. The minimum Gasteiger partial charge on any atom is -0.308 e. The molecule has 0 fully saturated rings. The molecular weight excluding hydrogens is 340 g/mol. The predicted molar refractivity (Wildman–Crippen MR) is 99.4 cm³/mol. The number of pyridine rings is 1. The molecule has 24 heavy (non-hydrogen) atoms. The molecule has 1 amide bonds. The molecule has 1 heterocycles. The minimum atomic E-state index is -0.397. The van der Waals surface area contributed by atoms with Crippen LogP contribution in [0, 0.1) is 0 Å². The van der Waals surface area contributed by atoms with Crippen LogP contribution in [-0.2, 0) is 4.79 Å². The molecule has 1 N–H and O–H groups in total. The standard InChI is InChI=1S/C19H15ClN2OS/c20-16-12-7-13-21-18(16)22-19(23)17(14-8-3-1-4-9-14)24-15-10-5-2-6-11-15/h1-13,17H,(H,21,22,23)/t17-/m0/s1. The van der Waals surface area contributed by atoms with Gasteiger partial charge in [0, 0.05) is 11.1 Å². The van der Waals surface area contributed by atoms with Crippen molar-refractivity contribution in [2.24, 2.45) is 0 Å². The fraction of sp³-hybridized carbons (Fsp3) is 0.0526. The fourth-order valence-electron chi connectivity index (χ4n) is 2.20. The van der Waals surface area contributed by atoms with Crippen LogP contribution in [-0.4, -0.2) is 10.9 Å². The van der Waals surface area contributed by atoms with Crippen molar-refractivity contribution in [3.05, 3.63) is 89.6 Å². The van der Waals surface area contributed by atoms with Crippen molar-refractivity contribution in [1.29, 1.82) is 0 Å². The van der Waals surface area contributed by atoms with Gasteiger partial charge in [-0.3, -0.25) is 4.79 Å². The summed E-state index contributed by atoms with van der Waals surface area (Å²) >= 11 is 7.59. The highest BCUT2D eigenvalue weighted by atomic mass is 35.5. The maximum Gasteiger partial charge on any atom is 0.243 e. The number of hydrogen-bond acceptors (Lipinski definition) is 3. The molecule has 1 atom stereocenters. The Morgan fingerprint density at radius 1 is 0.958 bits per heavy atom. The summed E-state index contributed by atoms with van der Waals surface area (Å²) in [5.74, 6) is 0.217. The molecule has 0 spiro atoms. The van der Waals surface area contributed by atoms with Crippen LogP contribution < -0.4 is 5.32 Å². The first-order chi connectivity index (χ1) is 11.7. The molecule has 1 aromatic heterocycles. The lowest BCUT2D eigenvalue weighted by Crippen LogP contribution is -2.19. The van der Waals surface area contributed by atoms with Gasteiger partial charge in [0.05, 0.1) is 5.02 Å². The van der Waals surface area contributed by atoms with Crippen molar-refractivity contribution >= 4 is 35.1 Å². The van der Waals surface area contributed by atoms with E-state index >= 15 is 0 Å². The van der Waals surface area contributed by atoms with Crippen LogP contribution >= 0.6 is 23.4 Å². The highest BCUT2D eigenvalue weighted by molar-refractivity contribution is 8.00. The van der Waals surface area contributed by atoms with Crippen molar-refractivity contribution < 1.29 is 4.79 Å². The Kier molecular flexibility index (Phi) is 5.51. The maximum atomic E-state index is 12.8. The van der Waals surface area contributed by atoms with Crippen LogP contribution in [0.25, 0.3) is 0 Å². The van der Waals surface area contributed by atoms with E-state index in [1.54, 1.807) is 18.3 Å². The Balaban J connectivity index is 1.87. The zero-order chi connectivity index (χ0) is 16.8. The van der Waals surface area contributed by atoms with Crippen molar-refractivity contribution in [2.45, 2.75) is 10.1 Å². The molecule has 3 aromatic rings. The lowest BCUT2D eigenvalue weighted by Gasteiger charge is -2.17. The number of aromatic nitrogens is 1. The molecule has 5 heteroatoms. The summed E-state index contributed by atoms with van der Waals surface area (Å²) < 4.78 is 0. The molecule has 0 radical (unpaired) electrons. The predicted octanol–water partition coefficient (Wildman–Crippen LogP) is 5.21. The third-order valence-corrected chi connectivity index (χ3v) is 4.91. The topological polar surface area (TPSA) is 42.0 Å². The molecule has 0 aliphatic carbocycles. The molecule has 3 rings (SSSR count). The molecule has 120 valence electrons. The summed E-state index contributed by atoms with van der Waals surface area (Å²) in [6, 6.07) is 22.9. The number of halogens is 1. The highest BCUT2D eigenvalue weighted by Gasteiger charge is 2.23. The molecule has 3 nitrogen and oxygen atoms in total. The van der Waals surface area contributed by atoms with Gasteiger partial charge >= 0.3 is 0 Å². The van der Waals surface area contributed by atoms with Crippen molar-refractivity contribution in [1.82, 2.24) is 4.98 Å². The Labute approximate surface area is 150 Å². The summed E-state index contributed by atoms with van der Waals surface area (Å²) in [6.45, 7) is 0. The zero-order valence-corrected chi connectivity index (χ0v) is 14.3. The Morgan fingerprint density at radius 3 is 2.29 bits per heavy atom. The number of thioether (sulfide) groups is 1. The van der Waals surface area contributed by atoms with Gasteiger partial charge in [0.15, 0.2) is 5.82 Å². The van der Waals surface area contributed by atoms with Gasteiger partial charge in [-0.15, -0.1) is 11.8 Å². The maximum absolute atomic E-state index is 12.8. The molecule has 0 saturated heterocycles. The molecular formula is C19H15ClN2OS. The number of nitrogens with zero attached hydrogens (tertiary/aromatic N) is 1. The Morgan fingerprint density at radius 2 is 1.62 bits per heavy atom. The first-order valence-electron chi connectivity index (χ1n) is 7.42. The minimum absolute atomic E-state index is 0.157. The average molecular weight is 355 g/mol. The van der Waals surface area contributed by atoms with E-state index in [0.29, 0.717) is 10.8 Å². The first-order valence-corrected chi connectivity index (χ1v) is 8.68. The highest BCUT2D eigenvalue weighted by Crippen LogP contribution is 2.36. The zero-order valence-electron chi connectivity index (χ0n) is 12.7. The van der Waals surface area contributed by atoms with Gasteiger partial charge < -0.3 is 5.32 Å². The number of amides is 1. The second-order valence-electron chi connectivity index (χ2n) is 5.04. The monoisotopic (exact) mass is 354 g/mol. The lowest BCUT2D eigenvalue weighted by atomic mass is 10.1.